The van der Waals surface area contributed by atoms with E-state index >= 15 is 4.39 Å². The highest BCUT2D eigenvalue weighted by molar-refractivity contribution is 6.10. The van der Waals surface area contributed by atoms with Crippen LogP contribution in [0, 0.1) is 5.82 Å². The summed E-state index contributed by atoms with van der Waals surface area (Å²) in [6, 6.07) is 8.24. The number of hydrogen-bond donors (Lipinski definition) is 2. The topological polar surface area (TPSA) is 106 Å². The fraction of sp³-hybridized carbons (Fsp3) is 0.367. The molecule has 0 saturated heterocycles. The maximum Gasteiger partial charge on any atom is 0.250 e. The van der Waals surface area contributed by atoms with Crippen molar-refractivity contribution in [1.29, 1.82) is 0 Å². The standard InChI is InChI=1S/C30H37FN6O3/c1-6-10-37(11-7-2)30(40)23-12-24-25(31)13-22(15-27(24)35-28(16-23)32-3)20-8-9-21(18-38)26(14-20)34-19-36(5)17-29(39)33-4/h8-9,12-15,18-19H,6-7,10-11,16-17H2,1-5H3,(H,32,35)(H,33,39). The number of hydrogen-bond acceptors (Lipinski definition) is 5. The van der Waals surface area contributed by atoms with Crippen LogP contribution in [0.5, 0.6) is 0 Å². The minimum absolute atomic E-state index is 0.103. The SMILES string of the molecule is CCCN(CCC)C(=O)C1=Cc2c(F)cc(-c3ccc(C=O)c(N=CN(C)CC(=O)NC)c3)cc2NC(=NC)C1. The first kappa shape index (κ1) is 30.2. The first-order valence-electron chi connectivity index (χ1n) is 13.3. The fourth-order valence-electron chi connectivity index (χ4n) is 4.41. The van der Waals surface area contributed by atoms with Crippen molar-refractivity contribution >= 4 is 47.7 Å². The number of likely N-dealkylation sites (N-methyl/N-ethyl adjacent to an activating group) is 2. The van der Waals surface area contributed by atoms with Crippen molar-refractivity contribution in [2.75, 3.05) is 46.1 Å². The summed E-state index contributed by atoms with van der Waals surface area (Å²) in [6.45, 7) is 5.42. The molecule has 0 radical (unpaired) electrons. The monoisotopic (exact) mass is 548 g/mol. The van der Waals surface area contributed by atoms with Crippen LogP contribution in [-0.4, -0.2) is 80.9 Å². The molecule has 2 aromatic carbocycles. The van der Waals surface area contributed by atoms with E-state index in [-0.39, 0.29) is 30.3 Å². The number of carbonyl (C=O) groups is 3. The first-order valence-corrected chi connectivity index (χ1v) is 13.3. The third-order valence-electron chi connectivity index (χ3n) is 6.46. The van der Waals surface area contributed by atoms with Gasteiger partial charge < -0.3 is 20.4 Å². The largest absolute Gasteiger partial charge is 0.358 e. The maximum atomic E-state index is 15.6. The van der Waals surface area contributed by atoms with Crippen LogP contribution in [0.1, 0.15) is 49.0 Å². The van der Waals surface area contributed by atoms with Crippen LogP contribution >= 0.6 is 0 Å². The molecule has 0 atom stereocenters. The highest BCUT2D eigenvalue weighted by Gasteiger charge is 2.24. The van der Waals surface area contributed by atoms with Crippen molar-refractivity contribution < 1.29 is 18.8 Å². The molecule has 10 heteroatoms. The van der Waals surface area contributed by atoms with Crippen LogP contribution in [0.15, 0.2) is 45.9 Å². The van der Waals surface area contributed by atoms with Gasteiger partial charge in [0.2, 0.25) is 11.8 Å². The van der Waals surface area contributed by atoms with Gasteiger partial charge >= 0.3 is 0 Å². The molecule has 0 aromatic heterocycles. The Bertz CT molecular complexity index is 1350. The van der Waals surface area contributed by atoms with E-state index < -0.39 is 5.82 Å². The molecule has 3 rings (SSSR count). The van der Waals surface area contributed by atoms with Crippen molar-refractivity contribution in [3.8, 4) is 11.1 Å². The molecule has 1 aliphatic heterocycles. The minimum Gasteiger partial charge on any atom is -0.358 e. The van der Waals surface area contributed by atoms with Crippen molar-refractivity contribution in [3.05, 3.63) is 52.8 Å². The quantitative estimate of drug-likeness (QED) is 0.244. The normalized spacial score (nSPS) is 13.8. The smallest absolute Gasteiger partial charge is 0.250 e. The number of nitrogens with one attached hydrogen (secondary N) is 2. The predicted octanol–water partition coefficient (Wildman–Crippen LogP) is 4.52. The number of halogens is 1. The van der Waals surface area contributed by atoms with Crippen LogP contribution < -0.4 is 10.6 Å². The number of amides is 2. The average Bonchev–Trinajstić information content (AvgIpc) is 3.15. The summed E-state index contributed by atoms with van der Waals surface area (Å²) in [4.78, 5) is 48.7. The summed E-state index contributed by atoms with van der Waals surface area (Å²) >= 11 is 0. The van der Waals surface area contributed by atoms with Gasteiger partial charge in [0, 0.05) is 57.4 Å². The molecule has 1 heterocycles. The average molecular weight is 549 g/mol. The second kappa shape index (κ2) is 14.2. The van der Waals surface area contributed by atoms with Gasteiger partial charge in [0.1, 0.15) is 11.7 Å². The molecule has 40 heavy (non-hydrogen) atoms. The van der Waals surface area contributed by atoms with E-state index in [2.05, 4.69) is 20.6 Å². The Morgan fingerprint density at radius 1 is 1.12 bits per heavy atom. The zero-order valence-electron chi connectivity index (χ0n) is 23.8. The second-order valence-corrected chi connectivity index (χ2v) is 9.58. The minimum atomic E-state index is -0.491. The Hall–Kier alpha value is -4.34. The third kappa shape index (κ3) is 7.40. The van der Waals surface area contributed by atoms with Crippen molar-refractivity contribution in [1.82, 2.24) is 15.1 Å². The van der Waals surface area contributed by atoms with E-state index in [1.54, 1.807) is 61.3 Å². The second-order valence-electron chi connectivity index (χ2n) is 9.58. The lowest BCUT2D eigenvalue weighted by molar-refractivity contribution is -0.127. The first-order chi connectivity index (χ1) is 19.2. The number of benzene rings is 2. The number of fused-ring (bicyclic) bond motifs is 1. The molecule has 1 aliphatic rings. The molecule has 0 fully saturated rings. The molecule has 2 N–H and O–H groups in total. The maximum absolute atomic E-state index is 15.6. The molecule has 0 unspecified atom stereocenters. The number of carbonyl (C=O) groups excluding carboxylic acids is 3. The van der Waals surface area contributed by atoms with Gasteiger partial charge in [-0.3, -0.25) is 19.4 Å². The molecular formula is C30H37FN6O3. The van der Waals surface area contributed by atoms with Gasteiger partial charge in [-0.1, -0.05) is 19.9 Å². The summed E-state index contributed by atoms with van der Waals surface area (Å²) in [7, 11) is 4.88. The number of nitrogens with zero attached hydrogens (tertiary/aromatic N) is 4. The van der Waals surface area contributed by atoms with E-state index in [4.69, 9.17) is 0 Å². The summed E-state index contributed by atoms with van der Waals surface area (Å²) in [5, 5.41) is 5.75. The Balaban J connectivity index is 2.02. The molecule has 212 valence electrons. The van der Waals surface area contributed by atoms with E-state index in [0.717, 1.165) is 12.8 Å². The van der Waals surface area contributed by atoms with E-state index in [0.29, 0.717) is 58.8 Å². The van der Waals surface area contributed by atoms with Crippen LogP contribution in [-0.2, 0) is 9.59 Å². The number of anilines is 1. The Labute approximate surface area is 234 Å². The Kier molecular flexibility index (Phi) is 10.7. The molecule has 2 amide bonds. The van der Waals surface area contributed by atoms with Gasteiger partial charge in [0.05, 0.1) is 24.3 Å². The van der Waals surface area contributed by atoms with Crippen molar-refractivity contribution in [3.63, 3.8) is 0 Å². The number of aldehydes is 1. The molecule has 0 spiro atoms. The number of rotatable bonds is 11. The third-order valence-corrected chi connectivity index (χ3v) is 6.46. The van der Waals surface area contributed by atoms with Crippen LogP contribution in [0.25, 0.3) is 17.2 Å². The molecule has 9 nitrogen and oxygen atoms in total. The lowest BCUT2D eigenvalue weighted by Crippen LogP contribution is -2.34. The van der Waals surface area contributed by atoms with Gasteiger partial charge in [-0.15, -0.1) is 0 Å². The summed E-state index contributed by atoms with van der Waals surface area (Å²) in [5.41, 5.74) is 3.21. The molecule has 0 aliphatic carbocycles. The van der Waals surface area contributed by atoms with Crippen molar-refractivity contribution in [2.24, 2.45) is 9.98 Å². The Morgan fingerprint density at radius 3 is 2.48 bits per heavy atom. The highest BCUT2D eigenvalue weighted by atomic mass is 19.1. The lowest BCUT2D eigenvalue weighted by Gasteiger charge is -2.22. The zero-order chi connectivity index (χ0) is 29.2. The molecule has 0 bridgehead atoms. The van der Waals surface area contributed by atoms with Gasteiger partial charge in [-0.05, 0) is 54.3 Å². The summed E-state index contributed by atoms with van der Waals surface area (Å²) in [5.74, 6) is -0.224. The van der Waals surface area contributed by atoms with E-state index in [1.165, 1.54) is 12.4 Å². The van der Waals surface area contributed by atoms with Crippen LogP contribution in [0.2, 0.25) is 0 Å². The van der Waals surface area contributed by atoms with E-state index in [1.807, 2.05) is 13.8 Å². The Morgan fingerprint density at radius 2 is 1.85 bits per heavy atom. The molecule has 2 aromatic rings. The number of aliphatic imine (C=N–C) groups is 2. The molecule has 0 saturated carbocycles. The van der Waals surface area contributed by atoms with Crippen LogP contribution in [0.3, 0.4) is 0 Å². The van der Waals surface area contributed by atoms with E-state index in [9.17, 15) is 14.4 Å². The predicted molar refractivity (Wildman–Crippen MR) is 159 cm³/mol. The van der Waals surface area contributed by atoms with Crippen molar-refractivity contribution in [2.45, 2.75) is 33.1 Å². The van der Waals surface area contributed by atoms with Gasteiger partial charge in [-0.2, -0.15) is 0 Å². The highest BCUT2D eigenvalue weighted by Crippen LogP contribution is 2.34. The summed E-state index contributed by atoms with van der Waals surface area (Å²) < 4.78 is 15.6. The van der Waals surface area contributed by atoms with Gasteiger partial charge in [0.25, 0.3) is 0 Å². The fourth-order valence-corrected chi connectivity index (χ4v) is 4.41. The number of amidine groups is 1. The van der Waals surface area contributed by atoms with Crippen LogP contribution in [0.4, 0.5) is 15.8 Å². The van der Waals surface area contributed by atoms with Gasteiger partial charge in [-0.25, -0.2) is 9.38 Å². The van der Waals surface area contributed by atoms with Gasteiger partial charge in [0.15, 0.2) is 6.29 Å². The molecular weight excluding hydrogens is 511 g/mol. The zero-order valence-corrected chi connectivity index (χ0v) is 23.8. The summed E-state index contributed by atoms with van der Waals surface area (Å²) in [6.07, 6.45) is 5.71. The lowest BCUT2D eigenvalue weighted by atomic mass is 9.99.